The lowest BCUT2D eigenvalue weighted by molar-refractivity contribution is -0.138. The largest absolute Gasteiger partial charge is 0.481 e. The van der Waals surface area contributed by atoms with Crippen molar-refractivity contribution < 1.29 is 18.7 Å². The fourth-order valence-corrected chi connectivity index (χ4v) is 1.84. The summed E-state index contributed by atoms with van der Waals surface area (Å²) < 4.78 is 26.9. The summed E-state index contributed by atoms with van der Waals surface area (Å²) in [7, 11) is 0. The van der Waals surface area contributed by atoms with Crippen LogP contribution in [-0.2, 0) is 4.79 Å². The average molecular weight is 262 g/mol. The van der Waals surface area contributed by atoms with Crippen LogP contribution in [0.1, 0.15) is 18.4 Å². The molecule has 4 heteroatoms. The molecule has 2 nitrogen and oxygen atoms in total. The normalized spacial score (nSPS) is 12.2. The predicted octanol–water partition coefficient (Wildman–Crippen LogP) is 3.82. The maximum Gasteiger partial charge on any atom is 0.310 e. The zero-order chi connectivity index (χ0) is 14.0. The Labute approximate surface area is 109 Å². The molecule has 2 rings (SSSR count). The van der Waals surface area contributed by atoms with Crippen molar-refractivity contribution in [2.24, 2.45) is 0 Å². The molecule has 0 saturated carbocycles. The zero-order valence-electron chi connectivity index (χ0n) is 10.2. The summed E-state index contributed by atoms with van der Waals surface area (Å²) in [5.74, 6) is -3.51. The fraction of sp³-hybridized carbons (Fsp3) is 0.133. The molecule has 0 spiro atoms. The first-order valence-electron chi connectivity index (χ1n) is 5.78. The molecule has 2 aromatic carbocycles. The van der Waals surface area contributed by atoms with E-state index in [1.54, 1.807) is 31.2 Å². The smallest absolute Gasteiger partial charge is 0.310 e. The van der Waals surface area contributed by atoms with Gasteiger partial charge in [0.15, 0.2) is 11.6 Å². The van der Waals surface area contributed by atoms with Crippen LogP contribution in [0.5, 0.6) is 0 Å². The molecule has 0 aliphatic heterocycles. The molecule has 19 heavy (non-hydrogen) atoms. The minimum Gasteiger partial charge on any atom is -0.481 e. The van der Waals surface area contributed by atoms with Gasteiger partial charge in [-0.25, -0.2) is 8.78 Å². The SMILES string of the molecule is CC(C(=O)O)c1cccc(-c2cccc(F)c2F)c1. The maximum atomic E-state index is 13.7. The summed E-state index contributed by atoms with van der Waals surface area (Å²) in [6.07, 6.45) is 0. The molecule has 2 aromatic rings. The third-order valence-electron chi connectivity index (χ3n) is 3.02. The highest BCUT2D eigenvalue weighted by atomic mass is 19.2. The first kappa shape index (κ1) is 13.2. The third-order valence-corrected chi connectivity index (χ3v) is 3.02. The Morgan fingerprint density at radius 3 is 2.53 bits per heavy atom. The summed E-state index contributed by atoms with van der Waals surface area (Å²) in [4.78, 5) is 10.9. The van der Waals surface area contributed by atoms with Crippen LogP contribution in [0.25, 0.3) is 11.1 Å². The molecule has 0 aromatic heterocycles. The molecule has 0 saturated heterocycles. The zero-order valence-corrected chi connectivity index (χ0v) is 10.2. The van der Waals surface area contributed by atoms with E-state index < -0.39 is 23.5 Å². The van der Waals surface area contributed by atoms with Gasteiger partial charge in [0.1, 0.15) is 0 Å². The van der Waals surface area contributed by atoms with Gasteiger partial charge in [0.2, 0.25) is 0 Å². The molecule has 0 fully saturated rings. The monoisotopic (exact) mass is 262 g/mol. The number of aliphatic carboxylic acids is 1. The van der Waals surface area contributed by atoms with E-state index in [4.69, 9.17) is 5.11 Å². The third kappa shape index (κ3) is 2.62. The second-order valence-electron chi connectivity index (χ2n) is 4.29. The maximum absolute atomic E-state index is 13.7. The first-order valence-corrected chi connectivity index (χ1v) is 5.78. The van der Waals surface area contributed by atoms with Crippen LogP contribution in [-0.4, -0.2) is 11.1 Å². The molecule has 1 atom stereocenters. The topological polar surface area (TPSA) is 37.3 Å². The van der Waals surface area contributed by atoms with Gasteiger partial charge in [-0.15, -0.1) is 0 Å². The van der Waals surface area contributed by atoms with E-state index in [-0.39, 0.29) is 5.56 Å². The van der Waals surface area contributed by atoms with Gasteiger partial charge in [0, 0.05) is 5.56 Å². The Bertz CT molecular complexity index is 623. The van der Waals surface area contributed by atoms with E-state index in [0.29, 0.717) is 11.1 Å². The van der Waals surface area contributed by atoms with Gasteiger partial charge >= 0.3 is 5.97 Å². The van der Waals surface area contributed by atoms with Crippen molar-refractivity contribution in [1.82, 2.24) is 0 Å². The first-order chi connectivity index (χ1) is 9.00. The summed E-state index contributed by atoms with van der Waals surface area (Å²) >= 11 is 0. The van der Waals surface area contributed by atoms with Gasteiger partial charge in [-0.3, -0.25) is 4.79 Å². The Morgan fingerprint density at radius 1 is 1.16 bits per heavy atom. The van der Waals surface area contributed by atoms with E-state index in [0.717, 1.165) is 6.07 Å². The van der Waals surface area contributed by atoms with E-state index in [1.165, 1.54) is 12.1 Å². The minimum atomic E-state index is -0.961. The lowest BCUT2D eigenvalue weighted by Gasteiger charge is -2.10. The summed E-state index contributed by atoms with van der Waals surface area (Å²) in [6.45, 7) is 1.55. The Morgan fingerprint density at radius 2 is 1.84 bits per heavy atom. The quantitative estimate of drug-likeness (QED) is 0.913. The highest BCUT2D eigenvalue weighted by Gasteiger charge is 2.15. The summed E-state index contributed by atoms with van der Waals surface area (Å²) in [5, 5.41) is 8.96. The molecule has 0 aliphatic rings. The van der Waals surface area contributed by atoms with Crippen molar-refractivity contribution in [2.45, 2.75) is 12.8 Å². The van der Waals surface area contributed by atoms with Crippen molar-refractivity contribution in [1.29, 1.82) is 0 Å². The van der Waals surface area contributed by atoms with Crippen molar-refractivity contribution in [2.75, 3.05) is 0 Å². The lowest BCUT2D eigenvalue weighted by atomic mass is 9.96. The van der Waals surface area contributed by atoms with Crippen molar-refractivity contribution >= 4 is 5.97 Å². The van der Waals surface area contributed by atoms with Gasteiger partial charge < -0.3 is 5.11 Å². The second-order valence-corrected chi connectivity index (χ2v) is 4.29. The highest BCUT2D eigenvalue weighted by Crippen LogP contribution is 2.27. The Hall–Kier alpha value is -2.23. The molecular weight excluding hydrogens is 250 g/mol. The van der Waals surface area contributed by atoms with Crippen molar-refractivity contribution in [3.8, 4) is 11.1 Å². The number of hydrogen-bond donors (Lipinski definition) is 1. The van der Waals surface area contributed by atoms with Crippen LogP contribution < -0.4 is 0 Å². The van der Waals surface area contributed by atoms with Gasteiger partial charge in [-0.1, -0.05) is 36.4 Å². The number of rotatable bonds is 3. The predicted molar refractivity (Wildman–Crippen MR) is 67.8 cm³/mol. The second kappa shape index (κ2) is 5.18. The average Bonchev–Trinajstić information content (AvgIpc) is 2.41. The number of hydrogen-bond acceptors (Lipinski definition) is 1. The number of carboxylic acid groups (broad SMARTS) is 1. The van der Waals surface area contributed by atoms with E-state index >= 15 is 0 Å². The number of carboxylic acids is 1. The van der Waals surface area contributed by atoms with Gasteiger partial charge in [-0.2, -0.15) is 0 Å². The van der Waals surface area contributed by atoms with Gasteiger partial charge in [0.25, 0.3) is 0 Å². The van der Waals surface area contributed by atoms with E-state index in [2.05, 4.69) is 0 Å². The number of benzene rings is 2. The molecule has 1 unspecified atom stereocenters. The lowest BCUT2D eigenvalue weighted by Crippen LogP contribution is -2.07. The molecule has 0 heterocycles. The summed E-state index contributed by atoms with van der Waals surface area (Å²) in [5.41, 5.74) is 1.13. The number of carbonyl (C=O) groups is 1. The van der Waals surface area contributed by atoms with Crippen LogP contribution >= 0.6 is 0 Å². The molecule has 0 radical (unpaired) electrons. The van der Waals surface area contributed by atoms with Crippen LogP contribution in [0.2, 0.25) is 0 Å². The summed E-state index contributed by atoms with van der Waals surface area (Å²) in [6, 6.07) is 10.4. The van der Waals surface area contributed by atoms with Crippen LogP contribution in [0.4, 0.5) is 8.78 Å². The van der Waals surface area contributed by atoms with Crippen LogP contribution in [0, 0.1) is 11.6 Å². The molecule has 0 bridgehead atoms. The molecule has 98 valence electrons. The Balaban J connectivity index is 2.49. The molecule has 1 N–H and O–H groups in total. The highest BCUT2D eigenvalue weighted by molar-refractivity contribution is 5.76. The van der Waals surface area contributed by atoms with Crippen molar-refractivity contribution in [3.63, 3.8) is 0 Å². The van der Waals surface area contributed by atoms with Crippen molar-refractivity contribution in [3.05, 3.63) is 59.7 Å². The molecular formula is C15H12F2O2. The number of halogens is 2. The molecule has 0 amide bonds. The van der Waals surface area contributed by atoms with E-state index in [1.807, 2.05) is 0 Å². The van der Waals surface area contributed by atoms with Gasteiger partial charge in [0.05, 0.1) is 5.92 Å². The van der Waals surface area contributed by atoms with Crippen LogP contribution in [0.15, 0.2) is 42.5 Å². The van der Waals surface area contributed by atoms with Crippen LogP contribution in [0.3, 0.4) is 0 Å². The minimum absolute atomic E-state index is 0.124. The Kier molecular flexibility index (Phi) is 3.60. The molecule has 0 aliphatic carbocycles. The van der Waals surface area contributed by atoms with Gasteiger partial charge in [-0.05, 0) is 24.1 Å². The van der Waals surface area contributed by atoms with E-state index in [9.17, 15) is 13.6 Å². The fourth-order valence-electron chi connectivity index (χ4n) is 1.84. The standard InChI is InChI=1S/C15H12F2O2/c1-9(15(18)19)10-4-2-5-11(8-10)12-6-3-7-13(16)14(12)17/h2-9H,1H3,(H,18,19).